The summed E-state index contributed by atoms with van der Waals surface area (Å²) in [5.74, 6) is 2.43. The Hall–Kier alpha value is -0.870. The summed E-state index contributed by atoms with van der Waals surface area (Å²) in [6.45, 7) is 5.44. The molecule has 0 amide bonds. The minimum absolute atomic E-state index is 0.332. The Morgan fingerprint density at radius 3 is 2.95 bits per heavy atom. The van der Waals surface area contributed by atoms with Crippen LogP contribution in [0.5, 0.6) is 0 Å². The Morgan fingerprint density at radius 1 is 1.35 bits per heavy atom. The maximum atomic E-state index is 6.03. The van der Waals surface area contributed by atoms with Gasteiger partial charge < -0.3 is 5.32 Å². The minimum atomic E-state index is 0.332. The van der Waals surface area contributed by atoms with Crippen LogP contribution in [-0.2, 0) is 0 Å². The molecule has 0 bridgehead atoms. The first-order valence-electron chi connectivity index (χ1n) is 7.31. The Bertz CT molecular complexity index is 610. The summed E-state index contributed by atoms with van der Waals surface area (Å²) in [4.78, 5) is 10.9. The number of nitrogens with zero attached hydrogens (tertiary/aromatic N) is 2. The van der Waals surface area contributed by atoms with Crippen molar-refractivity contribution in [1.29, 1.82) is 0 Å². The summed E-state index contributed by atoms with van der Waals surface area (Å²) in [5.41, 5.74) is 0. The van der Waals surface area contributed by atoms with Crippen LogP contribution >= 0.6 is 22.9 Å². The number of hydrogen-bond acceptors (Lipinski definition) is 4. The molecule has 2 unspecified atom stereocenters. The van der Waals surface area contributed by atoms with Gasteiger partial charge in [0, 0.05) is 11.4 Å². The normalized spacial score (nSPS) is 23.1. The summed E-state index contributed by atoms with van der Waals surface area (Å²) in [6, 6.07) is 2.14. The van der Waals surface area contributed by atoms with Gasteiger partial charge in [0.05, 0.1) is 5.39 Å². The largest absolute Gasteiger partial charge is 0.369 e. The lowest BCUT2D eigenvalue weighted by atomic mass is 9.80. The molecule has 0 aromatic carbocycles. The maximum absolute atomic E-state index is 6.03. The molecule has 0 aliphatic heterocycles. The predicted octanol–water partition coefficient (Wildman–Crippen LogP) is 4.89. The molecule has 3 nitrogen and oxygen atoms in total. The van der Waals surface area contributed by atoms with Crippen LogP contribution < -0.4 is 5.32 Å². The maximum Gasteiger partial charge on any atom is 0.225 e. The molecular formula is C15H20ClN3S. The Balaban J connectivity index is 1.79. The second-order valence-electron chi connectivity index (χ2n) is 5.82. The average molecular weight is 310 g/mol. The first-order chi connectivity index (χ1) is 9.63. The highest BCUT2D eigenvalue weighted by Crippen LogP contribution is 2.32. The number of nitrogens with one attached hydrogen (secondary N) is 1. The van der Waals surface area contributed by atoms with E-state index in [9.17, 15) is 0 Å². The predicted molar refractivity (Wildman–Crippen MR) is 86.8 cm³/mol. The quantitative estimate of drug-likeness (QED) is 0.820. The van der Waals surface area contributed by atoms with Crippen molar-refractivity contribution >= 4 is 39.0 Å². The monoisotopic (exact) mass is 309 g/mol. The molecule has 2 heterocycles. The lowest BCUT2D eigenvalue weighted by Crippen LogP contribution is -2.24. The van der Waals surface area contributed by atoms with Crippen molar-refractivity contribution in [3.8, 4) is 0 Å². The van der Waals surface area contributed by atoms with Crippen molar-refractivity contribution < 1.29 is 0 Å². The number of aryl methyl sites for hydroxylation is 1. The Morgan fingerprint density at radius 2 is 2.15 bits per heavy atom. The highest BCUT2D eigenvalue weighted by Gasteiger charge is 2.21. The van der Waals surface area contributed by atoms with E-state index in [1.165, 1.54) is 30.6 Å². The second-order valence-corrected chi connectivity index (χ2v) is 7.39. The van der Waals surface area contributed by atoms with Crippen molar-refractivity contribution in [2.45, 2.75) is 39.5 Å². The fourth-order valence-electron chi connectivity index (χ4n) is 3.07. The summed E-state index contributed by atoms with van der Waals surface area (Å²) in [5, 5.41) is 4.94. The van der Waals surface area contributed by atoms with Crippen molar-refractivity contribution in [3.63, 3.8) is 0 Å². The molecule has 20 heavy (non-hydrogen) atoms. The zero-order valence-electron chi connectivity index (χ0n) is 11.9. The lowest BCUT2D eigenvalue weighted by molar-refractivity contribution is 0.268. The van der Waals surface area contributed by atoms with Gasteiger partial charge in [0.1, 0.15) is 10.6 Å². The van der Waals surface area contributed by atoms with Crippen molar-refractivity contribution in [1.82, 2.24) is 9.97 Å². The fraction of sp³-hybridized carbons (Fsp3) is 0.600. The van der Waals surface area contributed by atoms with Gasteiger partial charge in [-0.2, -0.15) is 0 Å². The van der Waals surface area contributed by atoms with E-state index in [1.54, 1.807) is 11.3 Å². The molecular weight excluding hydrogens is 290 g/mol. The van der Waals surface area contributed by atoms with Crippen LogP contribution in [0, 0.1) is 18.8 Å². The van der Waals surface area contributed by atoms with Crippen LogP contribution in [0.1, 0.15) is 37.5 Å². The van der Waals surface area contributed by atoms with Crippen LogP contribution in [0.15, 0.2) is 6.07 Å². The van der Waals surface area contributed by atoms with Crippen LogP contribution in [-0.4, -0.2) is 16.5 Å². The van der Waals surface area contributed by atoms with Crippen molar-refractivity contribution in [3.05, 3.63) is 16.2 Å². The van der Waals surface area contributed by atoms with E-state index in [4.69, 9.17) is 11.6 Å². The third kappa shape index (κ3) is 2.91. The third-order valence-electron chi connectivity index (χ3n) is 4.31. The fourth-order valence-corrected chi connectivity index (χ4v) is 4.17. The molecule has 108 valence electrons. The molecule has 0 spiro atoms. The molecule has 0 saturated heterocycles. The molecule has 1 aliphatic rings. The van der Waals surface area contributed by atoms with Gasteiger partial charge in [0.25, 0.3) is 0 Å². The summed E-state index contributed by atoms with van der Waals surface area (Å²) >= 11 is 7.69. The molecule has 2 aromatic heterocycles. The standard InChI is InChI=1S/C15H20ClN3S/c1-9-5-3-4-6-11(9)8-17-13-12-7-10(2)20-14(12)19-15(16)18-13/h7,9,11H,3-6,8H2,1-2H3,(H,17,18,19). The lowest BCUT2D eigenvalue weighted by Gasteiger charge is -2.29. The van der Waals surface area contributed by atoms with Gasteiger partial charge in [-0.05, 0) is 42.8 Å². The molecule has 5 heteroatoms. The SMILES string of the molecule is Cc1cc2c(NCC3CCCCC3C)nc(Cl)nc2s1. The summed E-state index contributed by atoms with van der Waals surface area (Å²) < 4.78 is 0. The van der Waals surface area contributed by atoms with Crippen molar-refractivity contribution in [2.75, 3.05) is 11.9 Å². The average Bonchev–Trinajstić information content (AvgIpc) is 2.77. The van der Waals surface area contributed by atoms with E-state index in [1.807, 2.05) is 0 Å². The van der Waals surface area contributed by atoms with Crippen LogP contribution in [0.4, 0.5) is 5.82 Å². The first kappa shape index (κ1) is 14.1. The summed E-state index contributed by atoms with van der Waals surface area (Å²) in [7, 11) is 0. The number of rotatable bonds is 3. The van der Waals surface area contributed by atoms with Crippen molar-refractivity contribution in [2.24, 2.45) is 11.8 Å². The number of thiophene rings is 1. The van der Waals surface area contributed by atoms with Gasteiger partial charge >= 0.3 is 0 Å². The number of hydrogen-bond donors (Lipinski definition) is 1. The number of fused-ring (bicyclic) bond motifs is 1. The van der Waals surface area contributed by atoms with Gasteiger partial charge in [0.2, 0.25) is 5.28 Å². The number of aromatic nitrogens is 2. The topological polar surface area (TPSA) is 37.8 Å². The van der Waals surface area contributed by atoms with Gasteiger partial charge in [-0.15, -0.1) is 11.3 Å². The molecule has 3 rings (SSSR count). The molecule has 1 saturated carbocycles. The van der Waals surface area contributed by atoms with E-state index < -0.39 is 0 Å². The van der Waals surface area contributed by atoms with Gasteiger partial charge in [-0.3, -0.25) is 0 Å². The zero-order chi connectivity index (χ0) is 14.1. The molecule has 0 radical (unpaired) electrons. The van der Waals surface area contributed by atoms with Crippen LogP contribution in [0.2, 0.25) is 5.28 Å². The third-order valence-corrected chi connectivity index (χ3v) is 5.42. The molecule has 1 fully saturated rings. The van der Waals surface area contributed by atoms with E-state index >= 15 is 0 Å². The van der Waals surface area contributed by atoms with Gasteiger partial charge in [-0.25, -0.2) is 9.97 Å². The molecule has 2 atom stereocenters. The van der Waals surface area contributed by atoms with Gasteiger partial charge in [-0.1, -0.05) is 26.2 Å². The highest BCUT2D eigenvalue weighted by molar-refractivity contribution is 7.18. The summed E-state index contributed by atoms with van der Waals surface area (Å²) in [6.07, 6.45) is 5.40. The number of anilines is 1. The highest BCUT2D eigenvalue weighted by atomic mass is 35.5. The zero-order valence-corrected chi connectivity index (χ0v) is 13.5. The molecule has 2 aromatic rings. The van der Waals surface area contributed by atoms with E-state index in [2.05, 4.69) is 35.2 Å². The van der Waals surface area contributed by atoms with Crippen LogP contribution in [0.25, 0.3) is 10.2 Å². The van der Waals surface area contributed by atoms with Gasteiger partial charge in [0.15, 0.2) is 0 Å². The van der Waals surface area contributed by atoms with Crippen LogP contribution in [0.3, 0.4) is 0 Å². The smallest absolute Gasteiger partial charge is 0.225 e. The Kier molecular flexibility index (Phi) is 4.13. The van der Waals surface area contributed by atoms with E-state index in [-0.39, 0.29) is 0 Å². The molecule has 1 aliphatic carbocycles. The van der Waals surface area contributed by atoms with E-state index in [0.29, 0.717) is 5.28 Å². The minimum Gasteiger partial charge on any atom is -0.369 e. The first-order valence-corrected chi connectivity index (χ1v) is 8.50. The molecule has 1 N–H and O–H groups in total. The van der Waals surface area contributed by atoms with E-state index in [0.717, 1.165) is 34.4 Å². The second kappa shape index (κ2) is 5.86. The number of halogens is 1. The Labute approximate surface area is 128 Å².